The molecule has 0 aliphatic carbocycles. The average molecular weight is 280 g/mol. The fourth-order valence-electron chi connectivity index (χ4n) is 2.02. The largest absolute Gasteiger partial charge is 0.478 e. The van der Waals surface area contributed by atoms with Crippen LogP contribution < -0.4 is 0 Å². The van der Waals surface area contributed by atoms with Crippen LogP contribution in [0, 0.1) is 0 Å². The predicted molar refractivity (Wildman–Crippen MR) is 87.5 cm³/mol. The summed E-state index contributed by atoms with van der Waals surface area (Å²) in [5, 5.41) is 8.86. The third kappa shape index (κ3) is 4.06. The second kappa shape index (κ2) is 5.96. The van der Waals surface area contributed by atoms with Gasteiger partial charge in [0.25, 0.3) is 0 Å². The van der Waals surface area contributed by atoms with Gasteiger partial charge >= 0.3 is 5.97 Å². The Morgan fingerprint density at radius 1 is 0.857 bits per heavy atom. The molecular formula is C19H20O2. The minimum Gasteiger partial charge on any atom is -0.478 e. The molecule has 0 amide bonds. The van der Waals surface area contributed by atoms with Crippen LogP contribution >= 0.6 is 0 Å². The first kappa shape index (κ1) is 15.0. The van der Waals surface area contributed by atoms with E-state index in [1.54, 1.807) is 12.1 Å². The van der Waals surface area contributed by atoms with Crippen LogP contribution in [0.3, 0.4) is 0 Å². The summed E-state index contributed by atoms with van der Waals surface area (Å²) in [6.07, 6.45) is 4.01. The Morgan fingerprint density at radius 3 is 1.67 bits per heavy atom. The van der Waals surface area contributed by atoms with E-state index in [4.69, 9.17) is 5.11 Å². The monoisotopic (exact) mass is 280 g/mol. The molecule has 0 radical (unpaired) electrons. The summed E-state index contributed by atoms with van der Waals surface area (Å²) >= 11 is 0. The molecule has 0 atom stereocenters. The fourth-order valence-corrected chi connectivity index (χ4v) is 2.02. The van der Waals surface area contributed by atoms with Crippen molar-refractivity contribution in [2.45, 2.75) is 26.2 Å². The maximum atomic E-state index is 10.8. The quantitative estimate of drug-likeness (QED) is 0.816. The van der Waals surface area contributed by atoms with Crippen LogP contribution in [0.2, 0.25) is 0 Å². The molecule has 2 aromatic carbocycles. The SMILES string of the molecule is CC(C)(C)c1ccc(/C=C/c2ccc(C(=O)O)cc2)cc1. The first-order valence-electron chi connectivity index (χ1n) is 6.98. The lowest BCUT2D eigenvalue weighted by molar-refractivity contribution is 0.0697. The predicted octanol–water partition coefficient (Wildman–Crippen LogP) is 4.85. The molecule has 1 N–H and O–H groups in total. The summed E-state index contributed by atoms with van der Waals surface area (Å²) in [5.41, 5.74) is 3.90. The normalized spacial score (nSPS) is 11.8. The van der Waals surface area contributed by atoms with E-state index >= 15 is 0 Å². The van der Waals surface area contributed by atoms with Crippen LogP contribution in [-0.2, 0) is 5.41 Å². The number of rotatable bonds is 3. The van der Waals surface area contributed by atoms with E-state index in [9.17, 15) is 4.79 Å². The van der Waals surface area contributed by atoms with Crippen molar-refractivity contribution in [3.05, 3.63) is 70.8 Å². The minimum absolute atomic E-state index is 0.162. The lowest BCUT2D eigenvalue weighted by atomic mass is 9.87. The number of carbonyl (C=O) groups is 1. The maximum Gasteiger partial charge on any atom is 0.335 e. The van der Waals surface area contributed by atoms with Gasteiger partial charge < -0.3 is 5.11 Å². The van der Waals surface area contributed by atoms with Gasteiger partial charge in [0.05, 0.1) is 5.56 Å². The molecule has 0 unspecified atom stereocenters. The molecule has 0 aromatic heterocycles. The molecule has 0 spiro atoms. The maximum absolute atomic E-state index is 10.8. The van der Waals surface area contributed by atoms with E-state index in [1.807, 2.05) is 24.3 Å². The third-order valence-electron chi connectivity index (χ3n) is 3.40. The summed E-state index contributed by atoms with van der Waals surface area (Å²) in [6.45, 7) is 6.59. The number of aromatic carboxylic acids is 1. The van der Waals surface area contributed by atoms with Gasteiger partial charge in [-0.3, -0.25) is 0 Å². The number of benzene rings is 2. The Morgan fingerprint density at radius 2 is 1.29 bits per heavy atom. The molecule has 0 aliphatic heterocycles. The van der Waals surface area contributed by atoms with Crippen molar-refractivity contribution in [1.82, 2.24) is 0 Å². The molecule has 0 heterocycles. The van der Waals surface area contributed by atoms with Gasteiger partial charge in [-0.25, -0.2) is 4.79 Å². The summed E-state index contributed by atoms with van der Waals surface area (Å²) in [6, 6.07) is 15.3. The Labute approximate surface area is 125 Å². The average Bonchev–Trinajstić information content (AvgIpc) is 2.45. The first-order chi connectivity index (χ1) is 9.86. The van der Waals surface area contributed by atoms with E-state index < -0.39 is 5.97 Å². The van der Waals surface area contributed by atoms with Crippen LogP contribution in [0.5, 0.6) is 0 Å². The van der Waals surface area contributed by atoms with Gasteiger partial charge in [-0.15, -0.1) is 0 Å². The number of carboxylic acids is 1. The fraction of sp³-hybridized carbons (Fsp3) is 0.211. The molecule has 0 bridgehead atoms. The van der Waals surface area contributed by atoms with E-state index in [1.165, 1.54) is 5.56 Å². The summed E-state index contributed by atoms with van der Waals surface area (Å²) in [5.74, 6) is -0.900. The molecule has 0 saturated heterocycles. The highest BCUT2D eigenvalue weighted by atomic mass is 16.4. The molecule has 0 aliphatic rings. The summed E-state index contributed by atoms with van der Waals surface area (Å²) in [4.78, 5) is 10.8. The topological polar surface area (TPSA) is 37.3 Å². The molecule has 108 valence electrons. The van der Waals surface area contributed by atoms with E-state index in [0.29, 0.717) is 5.56 Å². The highest BCUT2D eigenvalue weighted by Crippen LogP contribution is 2.22. The van der Waals surface area contributed by atoms with E-state index in [0.717, 1.165) is 11.1 Å². The zero-order valence-electron chi connectivity index (χ0n) is 12.6. The van der Waals surface area contributed by atoms with Gasteiger partial charge in [0.15, 0.2) is 0 Å². The third-order valence-corrected chi connectivity index (χ3v) is 3.40. The van der Waals surface area contributed by atoms with Gasteiger partial charge in [0.1, 0.15) is 0 Å². The number of hydrogen-bond donors (Lipinski definition) is 1. The Bertz CT molecular complexity index is 641. The van der Waals surface area contributed by atoms with Crippen molar-refractivity contribution in [3.8, 4) is 0 Å². The lowest BCUT2D eigenvalue weighted by Gasteiger charge is -2.18. The molecular weight excluding hydrogens is 260 g/mol. The highest BCUT2D eigenvalue weighted by molar-refractivity contribution is 5.88. The van der Waals surface area contributed by atoms with E-state index in [-0.39, 0.29) is 5.41 Å². The second-order valence-electron chi connectivity index (χ2n) is 6.13. The summed E-state index contributed by atoms with van der Waals surface area (Å²) < 4.78 is 0. The number of hydrogen-bond acceptors (Lipinski definition) is 1. The van der Waals surface area contributed by atoms with Crippen molar-refractivity contribution >= 4 is 18.1 Å². The lowest BCUT2D eigenvalue weighted by Crippen LogP contribution is -2.10. The van der Waals surface area contributed by atoms with Crippen LogP contribution in [0.1, 0.15) is 47.8 Å². The van der Waals surface area contributed by atoms with Gasteiger partial charge in [-0.2, -0.15) is 0 Å². The zero-order chi connectivity index (χ0) is 15.5. The Hall–Kier alpha value is -2.35. The van der Waals surface area contributed by atoms with Gasteiger partial charge in [0, 0.05) is 0 Å². The molecule has 0 fully saturated rings. The molecule has 21 heavy (non-hydrogen) atoms. The van der Waals surface area contributed by atoms with Gasteiger partial charge in [0.2, 0.25) is 0 Å². The Balaban J connectivity index is 2.12. The van der Waals surface area contributed by atoms with Crippen molar-refractivity contribution in [2.75, 3.05) is 0 Å². The van der Waals surface area contributed by atoms with E-state index in [2.05, 4.69) is 45.0 Å². The van der Waals surface area contributed by atoms with Crippen molar-refractivity contribution in [1.29, 1.82) is 0 Å². The smallest absolute Gasteiger partial charge is 0.335 e. The van der Waals surface area contributed by atoms with Crippen LogP contribution in [0.4, 0.5) is 0 Å². The molecule has 0 saturated carbocycles. The van der Waals surface area contributed by atoms with Crippen molar-refractivity contribution in [2.24, 2.45) is 0 Å². The van der Waals surface area contributed by atoms with Crippen molar-refractivity contribution in [3.63, 3.8) is 0 Å². The molecule has 2 rings (SSSR count). The van der Waals surface area contributed by atoms with Gasteiger partial charge in [-0.05, 0) is 34.2 Å². The first-order valence-corrected chi connectivity index (χ1v) is 6.98. The molecule has 2 nitrogen and oxygen atoms in total. The highest BCUT2D eigenvalue weighted by Gasteiger charge is 2.12. The summed E-state index contributed by atoms with van der Waals surface area (Å²) in [7, 11) is 0. The van der Waals surface area contributed by atoms with Crippen molar-refractivity contribution < 1.29 is 9.90 Å². The molecule has 2 aromatic rings. The second-order valence-corrected chi connectivity index (χ2v) is 6.13. The minimum atomic E-state index is -0.900. The van der Waals surface area contributed by atoms with Gasteiger partial charge in [-0.1, -0.05) is 69.3 Å². The van der Waals surface area contributed by atoms with Crippen LogP contribution in [-0.4, -0.2) is 11.1 Å². The standard InChI is InChI=1S/C19H20O2/c1-19(2,3)17-12-8-15(9-13-17)5-4-14-6-10-16(11-7-14)18(20)21/h4-13H,1-3H3,(H,20,21)/b5-4+. The number of carboxylic acid groups (broad SMARTS) is 1. The van der Waals surface area contributed by atoms with Crippen LogP contribution in [0.25, 0.3) is 12.2 Å². The van der Waals surface area contributed by atoms with Crippen LogP contribution in [0.15, 0.2) is 48.5 Å². The zero-order valence-corrected chi connectivity index (χ0v) is 12.6. The Kier molecular flexibility index (Phi) is 4.27. The molecule has 2 heteroatoms.